The van der Waals surface area contributed by atoms with Crippen LogP contribution in [-0.4, -0.2) is 22.8 Å². The van der Waals surface area contributed by atoms with Crippen molar-refractivity contribution in [1.82, 2.24) is 15.6 Å². The van der Waals surface area contributed by atoms with E-state index >= 15 is 0 Å². The second-order valence-corrected chi connectivity index (χ2v) is 4.84. The Bertz CT molecular complexity index is 710. The predicted molar refractivity (Wildman–Crippen MR) is 82.3 cm³/mol. The fraction of sp³-hybridized carbons (Fsp3) is 0.188. The molecule has 3 N–H and O–H groups in total. The van der Waals surface area contributed by atoms with Gasteiger partial charge in [-0.15, -0.1) is 0 Å². The van der Waals surface area contributed by atoms with Crippen molar-refractivity contribution >= 4 is 11.8 Å². The summed E-state index contributed by atoms with van der Waals surface area (Å²) in [6.45, 7) is 1.98. The van der Waals surface area contributed by atoms with E-state index in [9.17, 15) is 14.4 Å². The number of carbonyl (C=O) groups excluding carboxylic acids is 2. The maximum absolute atomic E-state index is 12.0. The van der Waals surface area contributed by atoms with Crippen molar-refractivity contribution in [3.63, 3.8) is 0 Å². The van der Waals surface area contributed by atoms with E-state index in [1.54, 1.807) is 6.92 Å². The van der Waals surface area contributed by atoms with Crippen LogP contribution >= 0.6 is 0 Å². The molecule has 114 valence electrons. The van der Waals surface area contributed by atoms with Crippen molar-refractivity contribution in [2.75, 3.05) is 0 Å². The van der Waals surface area contributed by atoms with Gasteiger partial charge in [0.05, 0.1) is 0 Å². The number of benzene rings is 1. The molecule has 1 heterocycles. The molecule has 0 bridgehead atoms. The van der Waals surface area contributed by atoms with E-state index in [0.29, 0.717) is 6.54 Å². The van der Waals surface area contributed by atoms with Crippen LogP contribution in [0.3, 0.4) is 0 Å². The normalized spacial score (nSPS) is 11.5. The summed E-state index contributed by atoms with van der Waals surface area (Å²) in [6.07, 6.45) is 1.39. The van der Waals surface area contributed by atoms with Crippen molar-refractivity contribution in [2.24, 2.45) is 0 Å². The lowest BCUT2D eigenvalue weighted by Gasteiger charge is -2.14. The van der Waals surface area contributed by atoms with Crippen LogP contribution in [0, 0.1) is 0 Å². The molecule has 1 atom stereocenters. The summed E-state index contributed by atoms with van der Waals surface area (Å²) in [5, 5.41) is 5.30. The van der Waals surface area contributed by atoms with Crippen molar-refractivity contribution in [1.29, 1.82) is 0 Å². The van der Waals surface area contributed by atoms with Gasteiger partial charge in [0.15, 0.2) is 0 Å². The van der Waals surface area contributed by atoms with E-state index in [1.807, 2.05) is 30.3 Å². The number of pyridine rings is 1. The summed E-state index contributed by atoms with van der Waals surface area (Å²) in [4.78, 5) is 37.5. The molecule has 1 unspecified atom stereocenters. The lowest BCUT2D eigenvalue weighted by Crippen LogP contribution is -2.44. The fourth-order valence-electron chi connectivity index (χ4n) is 1.87. The smallest absolute Gasteiger partial charge is 0.252 e. The zero-order valence-electron chi connectivity index (χ0n) is 12.1. The Kier molecular flexibility index (Phi) is 5.08. The maximum Gasteiger partial charge on any atom is 0.252 e. The van der Waals surface area contributed by atoms with E-state index in [-0.39, 0.29) is 17.0 Å². The van der Waals surface area contributed by atoms with E-state index in [4.69, 9.17) is 0 Å². The van der Waals surface area contributed by atoms with Crippen LogP contribution in [-0.2, 0) is 11.3 Å². The topological polar surface area (TPSA) is 91.1 Å². The lowest BCUT2D eigenvalue weighted by atomic mass is 10.2. The third-order valence-electron chi connectivity index (χ3n) is 3.09. The highest BCUT2D eigenvalue weighted by Crippen LogP contribution is 1.98. The summed E-state index contributed by atoms with van der Waals surface area (Å²) in [5.74, 6) is -0.754. The van der Waals surface area contributed by atoms with Crippen molar-refractivity contribution < 1.29 is 9.59 Å². The number of amides is 2. The van der Waals surface area contributed by atoms with E-state index in [1.165, 1.54) is 18.3 Å². The molecule has 2 aromatic rings. The lowest BCUT2D eigenvalue weighted by molar-refractivity contribution is -0.122. The first-order valence-corrected chi connectivity index (χ1v) is 6.87. The number of rotatable bonds is 5. The molecule has 0 radical (unpaired) electrons. The molecular weight excluding hydrogens is 282 g/mol. The Morgan fingerprint density at radius 1 is 1.18 bits per heavy atom. The zero-order chi connectivity index (χ0) is 15.9. The molecule has 2 amide bonds. The van der Waals surface area contributed by atoms with E-state index in [0.717, 1.165) is 5.56 Å². The third-order valence-corrected chi connectivity index (χ3v) is 3.09. The molecule has 0 saturated carbocycles. The Balaban J connectivity index is 1.88. The standard InChI is InChI=1S/C16H17N3O3/c1-11(15(21)18-10-12-5-3-2-4-6-12)19-16(22)13-7-8-17-14(20)9-13/h2-9,11H,10H2,1H3,(H,17,20)(H,18,21)(H,19,22). The highest BCUT2D eigenvalue weighted by atomic mass is 16.2. The number of H-pyrrole nitrogens is 1. The first kappa shape index (κ1) is 15.5. The predicted octanol–water partition coefficient (Wildman–Crippen LogP) is 0.810. The largest absolute Gasteiger partial charge is 0.350 e. The molecule has 6 heteroatoms. The molecular formula is C16H17N3O3. The fourth-order valence-corrected chi connectivity index (χ4v) is 1.87. The molecule has 22 heavy (non-hydrogen) atoms. The van der Waals surface area contributed by atoms with Gasteiger partial charge < -0.3 is 15.6 Å². The van der Waals surface area contributed by atoms with Gasteiger partial charge in [-0.2, -0.15) is 0 Å². The third kappa shape index (κ3) is 4.31. The Morgan fingerprint density at radius 3 is 2.59 bits per heavy atom. The minimum Gasteiger partial charge on any atom is -0.350 e. The number of hydrogen-bond acceptors (Lipinski definition) is 3. The van der Waals surface area contributed by atoms with Gasteiger partial charge in [-0.3, -0.25) is 14.4 Å². The summed E-state index contributed by atoms with van der Waals surface area (Å²) in [7, 11) is 0. The number of nitrogens with one attached hydrogen (secondary N) is 3. The Labute approximate surface area is 127 Å². The van der Waals surface area contributed by atoms with Gasteiger partial charge >= 0.3 is 0 Å². The summed E-state index contributed by atoms with van der Waals surface area (Å²) in [5.41, 5.74) is 0.823. The first-order valence-electron chi connectivity index (χ1n) is 6.87. The van der Waals surface area contributed by atoms with Gasteiger partial charge in [0.25, 0.3) is 5.91 Å². The number of aromatic amines is 1. The second-order valence-electron chi connectivity index (χ2n) is 4.84. The van der Waals surface area contributed by atoms with Crippen LogP contribution in [0.25, 0.3) is 0 Å². The van der Waals surface area contributed by atoms with Crippen LogP contribution in [0.4, 0.5) is 0 Å². The van der Waals surface area contributed by atoms with Gasteiger partial charge in [0.1, 0.15) is 6.04 Å². The van der Waals surface area contributed by atoms with Gasteiger partial charge in [-0.05, 0) is 18.6 Å². The van der Waals surface area contributed by atoms with Gasteiger partial charge in [0, 0.05) is 24.4 Å². The van der Waals surface area contributed by atoms with Crippen LogP contribution in [0.1, 0.15) is 22.8 Å². The van der Waals surface area contributed by atoms with Crippen molar-refractivity contribution in [2.45, 2.75) is 19.5 Å². The quantitative estimate of drug-likeness (QED) is 0.763. The summed E-state index contributed by atoms with van der Waals surface area (Å²) in [6, 6.07) is 11.4. The molecule has 0 aliphatic heterocycles. The Hall–Kier alpha value is -2.89. The molecule has 2 rings (SSSR count). The molecule has 0 spiro atoms. The van der Waals surface area contributed by atoms with Crippen LogP contribution in [0.2, 0.25) is 0 Å². The maximum atomic E-state index is 12.0. The van der Waals surface area contributed by atoms with Gasteiger partial charge in [-0.25, -0.2) is 0 Å². The van der Waals surface area contributed by atoms with Crippen LogP contribution < -0.4 is 16.2 Å². The molecule has 0 aliphatic carbocycles. The van der Waals surface area contributed by atoms with Crippen LogP contribution in [0.5, 0.6) is 0 Å². The molecule has 6 nitrogen and oxygen atoms in total. The number of aromatic nitrogens is 1. The van der Waals surface area contributed by atoms with Crippen molar-refractivity contribution in [3.8, 4) is 0 Å². The molecule has 1 aromatic heterocycles. The average molecular weight is 299 g/mol. The van der Waals surface area contributed by atoms with Gasteiger partial charge in [0.2, 0.25) is 11.5 Å². The van der Waals surface area contributed by atoms with Crippen LogP contribution in [0.15, 0.2) is 53.5 Å². The summed E-state index contributed by atoms with van der Waals surface area (Å²) < 4.78 is 0. The SMILES string of the molecule is CC(NC(=O)c1cc[nH]c(=O)c1)C(=O)NCc1ccccc1. The molecule has 0 aliphatic rings. The number of hydrogen-bond donors (Lipinski definition) is 3. The first-order chi connectivity index (χ1) is 10.6. The average Bonchev–Trinajstić information content (AvgIpc) is 2.53. The highest BCUT2D eigenvalue weighted by Gasteiger charge is 2.16. The monoisotopic (exact) mass is 299 g/mol. The minimum atomic E-state index is -0.699. The van der Waals surface area contributed by atoms with E-state index < -0.39 is 11.9 Å². The molecule has 1 aromatic carbocycles. The second kappa shape index (κ2) is 7.21. The molecule has 0 fully saturated rings. The van der Waals surface area contributed by atoms with Gasteiger partial charge in [-0.1, -0.05) is 30.3 Å². The Morgan fingerprint density at radius 2 is 1.91 bits per heavy atom. The number of carbonyl (C=O) groups is 2. The minimum absolute atomic E-state index is 0.214. The zero-order valence-corrected chi connectivity index (χ0v) is 12.1. The molecule has 0 saturated heterocycles. The summed E-state index contributed by atoms with van der Waals surface area (Å²) >= 11 is 0. The highest BCUT2D eigenvalue weighted by molar-refractivity contribution is 5.97. The van der Waals surface area contributed by atoms with Crippen molar-refractivity contribution in [3.05, 3.63) is 70.1 Å². The van der Waals surface area contributed by atoms with E-state index in [2.05, 4.69) is 15.6 Å².